The second-order valence-electron chi connectivity index (χ2n) is 4.59. The Hall–Kier alpha value is -1.35. The van der Waals surface area contributed by atoms with Gasteiger partial charge in [0.1, 0.15) is 12.4 Å². The topological polar surface area (TPSA) is 35.5 Å². The predicted octanol–water partition coefficient (Wildman–Crippen LogP) is 3.33. The van der Waals surface area contributed by atoms with E-state index < -0.39 is 0 Å². The molecule has 0 saturated heterocycles. The molecule has 0 amide bonds. The van der Waals surface area contributed by atoms with E-state index in [0.29, 0.717) is 30.4 Å². The summed E-state index contributed by atoms with van der Waals surface area (Å²) in [4.78, 5) is 12.0. The van der Waals surface area contributed by atoms with E-state index >= 15 is 0 Å². The first-order valence-corrected chi connectivity index (χ1v) is 6.48. The third-order valence-electron chi connectivity index (χ3n) is 2.56. The molecule has 0 bridgehead atoms. The Balaban J connectivity index is 2.50. The van der Waals surface area contributed by atoms with Crippen LogP contribution in [0.4, 0.5) is 0 Å². The lowest BCUT2D eigenvalue weighted by molar-refractivity contribution is 0.0736. The van der Waals surface area contributed by atoms with Gasteiger partial charge in [-0.05, 0) is 31.4 Å². The molecule has 1 rings (SSSR count). The molecule has 0 radical (unpaired) electrons. The molecule has 3 nitrogen and oxygen atoms in total. The van der Waals surface area contributed by atoms with Crippen molar-refractivity contribution in [3.63, 3.8) is 0 Å². The molecule has 1 aromatic rings. The van der Waals surface area contributed by atoms with Crippen molar-refractivity contribution in [3.05, 3.63) is 29.8 Å². The van der Waals surface area contributed by atoms with Crippen LogP contribution >= 0.6 is 0 Å². The van der Waals surface area contributed by atoms with Gasteiger partial charge in [-0.1, -0.05) is 26.0 Å². The van der Waals surface area contributed by atoms with E-state index in [2.05, 4.69) is 13.8 Å². The number of ether oxygens (including phenoxy) is 2. The van der Waals surface area contributed by atoms with Crippen molar-refractivity contribution < 1.29 is 14.3 Å². The summed E-state index contributed by atoms with van der Waals surface area (Å²) in [6, 6.07) is 7.29. The fraction of sp³-hybridized carbons (Fsp3) is 0.533. The van der Waals surface area contributed by atoms with Crippen LogP contribution in [0.3, 0.4) is 0 Å². The van der Waals surface area contributed by atoms with Crippen LogP contribution in [-0.4, -0.2) is 25.6 Å². The Morgan fingerprint density at radius 2 is 2.00 bits per heavy atom. The second-order valence-corrected chi connectivity index (χ2v) is 4.59. The maximum atomic E-state index is 12.0. The minimum Gasteiger partial charge on any atom is -0.493 e. The third kappa shape index (κ3) is 4.88. The largest absolute Gasteiger partial charge is 0.493 e. The SMILES string of the molecule is CCOc1ccccc1C(=O)COCCC(C)C. The van der Waals surface area contributed by atoms with Crippen LogP contribution in [-0.2, 0) is 4.74 Å². The number of hydrogen-bond donors (Lipinski definition) is 0. The number of Topliss-reactive ketones (excluding diaryl/α,β-unsaturated/α-hetero) is 1. The Kier molecular flexibility index (Phi) is 6.44. The molecule has 0 unspecified atom stereocenters. The predicted molar refractivity (Wildman–Crippen MR) is 72.2 cm³/mol. The maximum absolute atomic E-state index is 12.0. The van der Waals surface area contributed by atoms with Gasteiger partial charge >= 0.3 is 0 Å². The van der Waals surface area contributed by atoms with Crippen molar-refractivity contribution in [2.45, 2.75) is 27.2 Å². The highest BCUT2D eigenvalue weighted by Gasteiger charge is 2.11. The van der Waals surface area contributed by atoms with Crippen LogP contribution in [0.15, 0.2) is 24.3 Å². The van der Waals surface area contributed by atoms with Crippen molar-refractivity contribution in [2.24, 2.45) is 5.92 Å². The molecule has 0 fully saturated rings. The van der Waals surface area contributed by atoms with Gasteiger partial charge in [-0.2, -0.15) is 0 Å². The van der Waals surface area contributed by atoms with Gasteiger partial charge in [0.15, 0.2) is 5.78 Å². The minimum atomic E-state index is -0.0252. The average Bonchev–Trinajstić information content (AvgIpc) is 2.35. The van der Waals surface area contributed by atoms with Crippen molar-refractivity contribution in [3.8, 4) is 5.75 Å². The van der Waals surface area contributed by atoms with Gasteiger partial charge in [-0.3, -0.25) is 4.79 Å². The van der Waals surface area contributed by atoms with E-state index in [1.165, 1.54) is 0 Å². The zero-order chi connectivity index (χ0) is 13.4. The van der Waals surface area contributed by atoms with Crippen LogP contribution in [0.1, 0.15) is 37.6 Å². The Bertz CT molecular complexity index is 372. The zero-order valence-electron chi connectivity index (χ0n) is 11.4. The van der Waals surface area contributed by atoms with Gasteiger partial charge < -0.3 is 9.47 Å². The fourth-order valence-electron chi connectivity index (χ4n) is 1.54. The maximum Gasteiger partial charge on any atom is 0.192 e. The number of para-hydroxylation sites is 1. The van der Waals surface area contributed by atoms with Crippen LogP contribution in [0, 0.1) is 5.92 Å². The summed E-state index contributed by atoms with van der Waals surface area (Å²) in [7, 11) is 0. The summed E-state index contributed by atoms with van der Waals surface area (Å²) in [5, 5.41) is 0. The summed E-state index contributed by atoms with van der Waals surface area (Å²) in [5.74, 6) is 1.20. The molecule has 18 heavy (non-hydrogen) atoms. The first kappa shape index (κ1) is 14.7. The molecular formula is C15H22O3. The summed E-state index contributed by atoms with van der Waals surface area (Å²) in [6.07, 6.45) is 0.973. The molecule has 0 aromatic heterocycles. The smallest absolute Gasteiger partial charge is 0.192 e. The van der Waals surface area contributed by atoms with E-state index in [1.54, 1.807) is 6.07 Å². The highest BCUT2D eigenvalue weighted by molar-refractivity contribution is 5.99. The van der Waals surface area contributed by atoms with Gasteiger partial charge in [0.2, 0.25) is 0 Å². The average molecular weight is 250 g/mol. The molecule has 0 spiro atoms. The number of carbonyl (C=O) groups excluding carboxylic acids is 1. The molecule has 0 aliphatic carbocycles. The van der Waals surface area contributed by atoms with Gasteiger partial charge in [0, 0.05) is 6.61 Å². The molecule has 0 N–H and O–H groups in total. The Labute approximate surface area is 109 Å². The van der Waals surface area contributed by atoms with E-state index in [4.69, 9.17) is 9.47 Å². The van der Waals surface area contributed by atoms with Crippen molar-refractivity contribution in [2.75, 3.05) is 19.8 Å². The number of hydrogen-bond acceptors (Lipinski definition) is 3. The molecule has 1 aromatic carbocycles. The highest BCUT2D eigenvalue weighted by atomic mass is 16.5. The van der Waals surface area contributed by atoms with Crippen LogP contribution in [0.2, 0.25) is 0 Å². The zero-order valence-corrected chi connectivity index (χ0v) is 11.4. The summed E-state index contributed by atoms with van der Waals surface area (Å²) < 4.78 is 10.8. The first-order chi connectivity index (χ1) is 8.65. The molecule has 0 saturated carbocycles. The lowest BCUT2D eigenvalue weighted by atomic mass is 10.1. The molecule has 100 valence electrons. The van der Waals surface area contributed by atoms with Gasteiger partial charge in [-0.25, -0.2) is 0 Å². The van der Waals surface area contributed by atoms with E-state index in [1.807, 2.05) is 25.1 Å². The third-order valence-corrected chi connectivity index (χ3v) is 2.56. The van der Waals surface area contributed by atoms with Gasteiger partial charge in [-0.15, -0.1) is 0 Å². The lowest BCUT2D eigenvalue weighted by Crippen LogP contribution is -2.12. The standard InChI is InChI=1S/C15H22O3/c1-4-18-15-8-6-5-7-13(15)14(16)11-17-10-9-12(2)3/h5-8,12H,4,9-11H2,1-3H3. The second kappa shape index (κ2) is 7.88. The molecular weight excluding hydrogens is 228 g/mol. The lowest BCUT2D eigenvalue weighted by Gasteiger charge is -2.10. The van der Waals surface area contributed by atoms with Crippen LogP contribution in [0.5, 0.6) is 5.75 Å². The quantitative estimate of drug-likeness (QED) is 0.524. The Morgan fingerprint density at radius 3 is 2.67 bits per heavy atom. The molecule has 0 aliphatic heterocycles. The summed E-state index contributed by atoms with van der Waals surface area (Å²) in [5.41, 5.74) is 0.601. The normalized spacial score (nSPS) is 10.7. The molecule has 3 heteroatoms. The number of ketones is 1. The van der Waals surface area contributed by atoms with E-state index in [-0.39, 0.29) is 12.4 Å². The first-order valence-electron chi connectivity index (χ1n) is 6.48. The van der Waals surface area contributed by atoms with E-state index in [9.17, 15) is 4.79 Å². The molecule has 0 aliphatic rings. The fourth-order valence-corrected chi connectivity index (χ4v) is 1.54. The number of rotatable bonds is 8. The van der Waals surface area contributed by atoms with Crippen LogP contribution < -0.4 is 4.74 Å². The number of benzene rings is 1. The highest BCUT2D eigenvalue weighted by Crippen LogP contribution is 2.18. The van der Waals surface area contributed by atoms with Crippen molar-refractivity contribution in [1.29, 1.82) is 0 Å². The van der Waals surface area contributed by atoms with Gasteiger partial charge in [0.05, 0.1) is 12.2 Å². The monoisotopic (exact) mass is 250 g/mol. The molecule has 0 heterocycles. The van der Waals surface area contributed by atoms with Crippen molar-refractivity contribution >= 4 is 5.78 Å². The summed E-state index contributed by atoms with van der Waals surface area (Å²) >= 11 is 0. The summed E-state index contributed by atoms with van der Waals surface area (Å²) in [6.45, 7) is 7.47. The molecule has 0 atom stereocenters. The number of carbonyl (C=O) groups is 1. The van der Waals surface area contributed by atoms with Crippen molar-refractivity contribution in [1.82, 2.24) is 0 Å². The van der Waals surface area contributed by atoms with Gasteiger partial charge in [0.25, 0.3) is 0 Å². The van der Waals surface area contributed by atoms with Crippen LogP contribution in [0.25, 0.3) is 0 Å². The van der Waals surface area contributed by atoms with E-state index in [0.717, 1.165) is 6.42 Å². The Morgan fingerprint density at radius 1 is 1.28 bits per heavy atom. The minimum absolute atomic E-state index is 0.0252.